The van der Waals surface area contributed by atoms with Crippen LogP contribution in [0.1, 0.15) is 32.6 Å². The summed E-state index contributed by atoms with van der Waals surface area (Å²) in [4.78, 5) is 32.7. The van der Waals surface area contributed by atoms with E-state index < -0.39 is 0 Å². The normalized spacial score (nSPS) is 14.4. The lowest BCUT2D eigenvalue weighted by molar-refractivity contribution is -0.134. The number of nitrogens with zero attached hydrogens (tertiary/aromatic N) is 6. The van der Waals surface area contributed by atoms with E-state index in [1.54, 1.807) is 39.1 Å². The third kappa shape index (κ3) is 4.74. The molecule has 2 aromatic rings. The monoisotopic (exact) mass is 414 g/mol. The molecule has 152 valence electrons. The van der Waals surface area contributed by atoms with Crippen molar-refractivity contribution in [2.45, 2.75) is 32.6 Å². The Morgan fingerprint density at radius 2 is 2.14 bits per heavy atom. The van der Waals surface area contributed by atoms with Crippen molar-refractivity contribution < 1.29 is 9.59 Å². The minimum atomic E-state index is -0.173. The molecule has 0 radical (unpaired) electrons. The first-order valence-corrected chi connectivity index (χ1v) is 10.0. The van der Waals surface area contributed by atoms with Crippen LogP contribution in [-0.4, -0.2) is 51.1 Å². The Balaban J connectivity index is 1.68. The summed E-state index contributed by atoms with van der Waals surface area (Å²) < 4.78 is 1.61. The summed E-state index contributed by atoms with van der Waals surface area (Å²) in [6.45, 7) is 3.43. The number of nitriles is 1. The number of likely N-dealkylation sites (tertiary alicyclic amines) is 1. The van der Waals surface area contributed by atoms with Crippen LogP contribution in [0.5, 0.6) is 0 Å². The number of anilines is 1. The highest BCUT2D eigenvalue weighted by molar-refractivity contribution is 6.32. The number of carbonyl (C=O) groups excluding carboxylic acids is 2. The Labute approximate surface area is 174 Å². The molecule has 9 heteroatoms. The second-order valence-corrected chi connectivity index (χ2v) is 7.21. The molecule has 2 amide bonds. The molecule has 0 aliphatic carbocycles. The summed E-state index contributed by atoms with van der Waals surface area (Å²) in [5.41, 5.74) is 1.32. The minimum absolute atomic E-state index is 0.00994. The number of halogens is 1. The van der Waals surface area contributed by atoms with Crippen LogP contribution in [-0.2, 0) is 9.59 Å². The third-order valence-electron chi connectivity index (χ3n) is 5.08. The van der Waals surface area contributed by atoms with Gasteiger partial charge in [-0.2, -0.15) is 10.4 Å². The Morgan fingerprint density at radius 1 is 1.38 bits per heavy atom. The Hall–Kier alpha value is -2.92. The van der Waals surface area contributed by atoms with E-state index >= 15 is 0 Å². The van der Waals surface area contributed by atoms with Gasteiger partial charge in [0.15, 0.2) is 5.15 Å². The molecule has 1 saturated heterocycles. The van der Waals surface area contributed by atoms with Gasteiger partial charge in [0.25, 0.3) is 0 Å². The van der Waals surface area contributed by atoms with Gasteiger partial charge in [-0.15, -0.1) is 0 Å². The van der Waals surface area contributed by atoms with Crippen molar-refractivity contribution in [2.75, 3.05) is 24.5 Å². The smallest absolute Gasteiger partial charge is 0.230 e. The molecule has 3 rings (SSSR count). The molecule has 3 heterocycles. The molecule has 0 aromatic carbocycles. The van der Waals surface area contributed by atoms with Crippen LogP contribution < -0.4 is 4.90 Å². The largest absolute Gasteiger partial charge is 0.343 e. The number of pyridine rings is 1. The van der Waals surface area contributed by atoms with Gasteiger partial charge in [-0.05, 0) is 31.9 Å². The number of carbonyl (C=O) groups is 2. The fourth-order valence-corrected chi connectivity index (χ4v) is 3.74. The van der Waals surface area contributed by atoms with E-state index in [-0.39, 0.29) is 35.7 Å². The SMILES string of the molecule is CCN(C(=O)C1CCN(C(=O)CCC#N)CC1)c1cn(-c2cccnc2)nc1Cl. The van der Waals surface area contributed by atoms with Gasteiger partial charge in [-0.3, -0.25) is 14.6 Å². The van der Waals surface area contributed by atoms with Crippen LogP contribution in [0.4, 0.5) is 5.69 Å². The lowest BCUT2D eigenvalue weighted by Crippen LogP contribution is -2.44. The van der Waals surface area contributed by atoms with Crippen molar-refractivity contribution in [3.05, 3.63) is 35.9 Å². The molecule has 0 N–H and O–H groups in total. The summed E-state index contributed by atoms with van der Waals surface area (Å²) in [6.07, 6.45) is 6.74. The van der Waals surface area contributed by atoms with Gasteiger partial charge in [0, 0.05) is 44.6 Å². The zero-order valence-electron chi connectivity index (χ0n) is 16.3. The van der Waals surface area contributed by atoms with Crippen molar-refractivity contribution in [1.29, 1.82) is 5.26 Å². The molecule has 29 heavy (non-hydrogen) atoms. The van der Waals surface area contributed by atoms with E-state index in [4.69, 9.17) is 16.9 Å². The average molecular weight is 415 g/mol. The van der Waals surface area contributed by atoms with E-state index in [9.17, 15) is 9.59 Å². The van der Waals surface area contributed by atoms with Crippen LogP contribution in [0.3, 0.4) is 0 Å². The second kappa shape index (κ2) is 9.52. The molecular weight excluding hydrogens is 392 g/mol. The van der Waals surface area contributed by atoms with Crippen LogP contribution in [0.25, 0.3) is 5.69 Å². The van der Waals surface area contributed by atoms with Gasteiger partial charge < -0.3 is 9.80 Å². The molecule has 0 atom stereocenters. The van der Waals surface area contributed by atoms with Crippen LogP contribution in [0, 0.1) is 17.2 Å². The van der Waals surface area contributed by atoms with Gasteiger partial charge in [0.05, 0.1) is 24.2 Å². The van der Waals surface area contributed by atoms with Crippen LogP contribution in [0.2, 0.25) is 5.15 Å². The number of amides is 2. The van der Waals surface area contributed by atoms with Gasteiger partial charge in [-0.1, -0.05) is 11.6 Å². The molecule has 1 fully saturated rings. The quantitative estimate of drug-likeness (QED) is 0.724. The van der Waals surface area contributed by atoms with E-state index in [0.29, 0.717) is 38.2 Å². The highest BCUT2D eigenvalue weighted by atomic mass is 35.5. The number of rotatable bonds is 6. The van der Waals surface area contributed by atoms with Crippen molar-refractivity contribution in [1.82, 2.24) is 19.7 Å². The lowest BCUT2D eigenvalue weighted by atomic mass is 9.94. The predicted octanol–water partition coefficient (Wildman–Crippen LogP) is 2.82. The summed E-state index contributed by atoms with van der Waals surface area (Å²) >= 11 is 6.34. The molecule has 0 saturated carbocycles. The summed E-state index contributed by atoms with van der Waals surface area (Å²) in [5, 5.41) is 13.2. The highest BCUT2D eigenvalue weighted by Gasteiger charge is 2.31. The minimum Gasteiger partial charge on any atom is -0.343 e. The Morgan fingerprint density at radius 3 is 2.76 bits per heavy atom. The summed E-state index contributed by atoms with van der Waals surface area (Å²) in [7, 11) is 0. The van der Waals surface area contributed by atoms with Gasteiger partial charge >= 0.3 is 0 Å². The van der Waals surface area contributed by atoms with E-state index in [1.165, 1.54) is 0 Å². The van der Waals surface area contributed by atoms with E-state index in [0.717, 1.165) is 5.69 Å². The first kappa shape index (κ1) is 20.8. The van der Waals surface area contributed by atoms with Crippen LogP contribution in [0.15, 0.2) is 30.7 Å². The fraction of sp³-hybridized carbons (Fsp3) is 0.450. The van der Waals surface area contributed by atoms with E-state index in [1.807, 2.05) is 19.1 Å². The molecule has 1 aliphatic rings. The number of hydrogen-bond donors (Lipinski definition) is 0. The molecule has 0 spiro atoms. The van der Waals surface area contributed by atoms with Crippen molar-refractivity contribution in [3.8, 4) is 11.8 Å². The number of piperidine rings is 1. The zero-order chi connectivity index (χ0) is 20.8. The molecule has 2 aromatic heterocycles. The van der Waals surface area contributed by atoms with Crippen molar-refractivity contribution in [3.63, 3.8) is 0 Å². The van der Waals surface area contributed by atoms with Crippen LogP contribution >= 0.6 is 11.6 Å². The highest BCUT2D eigenvalue weighted by Crippen LogP contribution is 2.29. The Bertz CT molecular complexity index is 899. The maximum absolute atomic E-state index is 13.1. The third-order valence-corrected chi connectivity index (χ3v) is 5.35. The van der Waals surface area contributed by atoms with Crippen molar-refractivity contribution in [2.24, 2.45) is 5.92 Å². The number of aromatic nitrogens is 3. The lowest BCUT2D eigenvalue weighted by Gasteiger charge is -2.33. The molecule has 0 bridgehead atoms. The van der Waals surface area contributed by atoms with E-state index in [2.05, 4.69) is 10.1 Å². The van der Waals surface area contributed by atoms with Crippen molar-refractivity contribution >= 4 is 29.1 Å². The Kier molecular flexibility index (Phi) is 6.83. The fourth-order valence-electron chi connectivity index (χ4n) is 3.51. The zero-order valence-corrected chi connectivity index (χ0v) is 17.0. The van der Waals surface area contributed by atoms with Gasteiger partial charge in [0.2, 0.25) is 11.8 Å². The summed E-state index contributed by atoms with van der Waals surface area (Å²) in [6, 6.07) is 5.65. The average Bonchev–Trinajstić information content (AvgIpc) is 3.14. The molecule has 1 aliphatic heterocycles. The maximum atomic E-state index is 13.1. The molecule has 0 unspecified atom stereocenters. The van der Waals surface area contributed by atoms with Gasteiger partial charge in [0.1, 0.15) is 5.69 Å². The molecule has 8 nitrogen and oxygen atoms in total. The predicted molar refractivity (Wildman–Crippen MR) is 109 cm³/mol. The number of hydrogen-bond acceptors (Lipinski definition) is 5. The first-order chi connectivity index (χ1) is 14.0. The second-order valence-electron chi connectivity index (χ2n) is 6.86. The molecular formula is C20H23ClN6O2. The standard InChI is InChI=1S/C20H23ClN6O2/c1-2-26(17-14-27(24-19(17)21)16-5-4-10-23-13-16)20(29)15-7-11-25(12-8-15)18(28)6-3-9-22/h4-5,10,13-15H,2-3,6-8,11-12H2,1H3. The maximum Gasteiger partial charge on any atom is 0.230 e. The topological polar surface area (TPSA) is 95.1 Å². The first-order valence-electron chi connectivity index (χ1n) is 9.66. The summed E-state index contributed by atoms with van der Waals surface area (Å²) in [5.74, 6) is -0.206. The van der Waals surface area contributed by atoms with Gasteiger partial charge in [-0.25, -0.2) is 4.68 Å².